The number of aromatic nitrogens is 1. The SMILES string of the molecule is Cc1csc(C(=O)O)c1S(=O)(=O)NCc1cncs1. The van der Waals surface area contributed by atoms with Gasteiger partial charge in [-0.1, -0.05) is 0 Å². The van der Waals surface area contributed by atoms with Crippen LogP contribution in [0.4, 0.5) is 0 Å². The minimum atomic E-state index is -3.84. The fraction of sp³-hybridized carbons (Fsp3) is 0.200. The molecule has 2 aromatic rings. The van der Waals surface area contributed by atoms with Gasteiger partial charge in [0.25, 0.3) is 0 Å². The molecule has 2 heterocycles. The molecular formula is C10H10N2O4S3. The third-order valence-corrected chi connectivity index (χ3v) is 5.88. The molecule has 0 radical (unpaired) electrons. The molecule has 2 aromatic heterocycles. The number of thiophene rings is 1. The second-order valence-electron chi connectivity index (χ2n) is 3.67. The van der Waals surface area contributed by atoms with Crippen LogP contribution >= 0.6 is 22.7 Å². The summed E-state index contributed by atoms with van der Waals surface area (Å²) in [6, 6.07) is 0. The van der Waals surface area contributed by atoms with Crippen LogP contribution in [0.15, 0.2) is 22.0 Å². The molecule has 102 valence electrons. The predicted octanol–water partition coefficient (Wildman–Crippen LogP) is 1.69. The third kappa shape index (κ3) is 3.00. The van der Waals surface area contributed by atoms with Crippen molar-refractivity contribution in [2.45, 2.75) is 18.4 Å². The summed E-state index contributed by atoms with van der Waals surface area (Å²) in [5, 5.41) is 10.5. The Balaban J connectivity index is 2.29. The van der Waals surface area contributed by atoms with Gasteiger partial charge in [0.2, 0.25) is 10.0 Å². The quantitative estimate of drug-likeness (QED) is 0.874. The number of rotatable bonds is 5. The average Bonchev–Trinajstić information content (AvgIpc) is 2.95. The zero-order valence-electron chi connectivity index (χ0n) is 9.78. The molecule has 0 spiro atoms. The molecule has 0 aliphatic heterocycles. The van der Waals surface area contributed by atoms with Crippen LogP contribution in [-0.4, -0.2) is 24.5 Å². The van der Waals surface area contributed by atoms with Crippen LogP contribution in [0.5, 0.6) is 0 Å². The molecule has 2 N–H and O–H groups in total. The van der Waals surface area contributed by atoms with Gasteiger partial charge in [0.1, 0.15) is 9.77 Å². The van der Waals surface area contributed by atoms with E-state index in [1.54, 1.807) is 18.6 Å². The average molecular weight is 318 g/mol. The smallest absolute Gasteiger partial charge is 0.347 e. The highest BCUT2D eigenvalue weighted by Gasteiger charge is 2.26. The minimum Gasteiger partial charge on any atom is -0.477 e. The zero-order chi connectivity index (χ0) is 14.0. The maximum atomic E-state index is 12.2. The number of carboxylic acids is 1. The molecule has 0 amide bonds. The van der Waals surface area contributed by atoms with E-state index >= 15 is 0 Å². The molecule has 0 aliphatic rings. The molecule has 9 heteroatoms. The molecule has 0 bridgehead atoms. The Bertz CT molecular complexity index is 688. The Hall–Kier alpha value is -1.29. The normalized spacial score (nSPS) is 11.6. The van der Waals surface area contributed by atoms with Crippen molar-refractivity contribution < 1.29 is 18.3 Å². The number of carbonyl (C=O) groups is 1. The van der Waals surface area contributed by atoms with E-state index < -0.39 is 16.0 Å². The van der Waals surface area contributed by atoms with Crippen molar-refractivity contribution in [3.8, 4) is 0 Å². The van der Waals surface area contributed by atoms with Gasteiger partial charge in [-0.25, -0.2) is 17.9 Å². The predicted molar refractivity (Wildman–Crippen MR) is 72.2 cm³/mol. The Morgan fingerprint density at radius 1 is 1.47 bits per heavy atom. The van der Waals surface area contributed by atoms with Crippen molar-refractivity contribution in [3.05, 3.63) is 32.4 Å². The number of aromatic carboxylic acids is 1. The molecule has 0 unspecified atom stereocenters. The van der Waals surface area contributed by atoms with Gasteiger partial charge in [0.15, 0.2) is 0 Å². The van der Waals surface area contributed by atoms with Crippen molar-refractivity contribution in [3.63, 3.8) is 0 Å². The van der Waals surface area contributed by atoms with E-state index in [1.807, 2.05) is 0 Å². The van der Waals surface area contributed by atoms with E-state index in [1.165, 1.54) is 16.7 Å². The first-order valence-corrected chi connectivity index (χ1v) is 8.34. The molecular weight excluding hydrogens is 308 g/mol. The highest BCUT2D eigenvalue weighted by Crippen LogP contribution is 2.26. The van der Waals surface area contributed by atoms with Crippen LogP contribution in [0.2, 0.25) is 0 Å². The minimum absolute atomic E-state index is 0.0986. The van der Waals surface area contributed by atoms with E-state index in [0.717, 1.165) is 16.2 Å². The lowest BCUT2D eigenvalue weighted by Crippen LogP contribution is -2.24. The number of nitrogens with one attached hydrogen (secondary N) is 1. The third-order valence-electron chi connectivity index (χ3n) is 2.30. The summed E-state index contributed by atoms with van der Waals surface area (Å²) < 4.78 is 26.7. The van der Waals surface area contributed by atoms with E-state index in [-0.39, 0.29) is 16.3 Å². The van der Waals surface area contributed by atoms with Crippen molar-refractivity contribution in [2.24, 2.45) is 0 Å². The topological polar surface area (TPSA) is 96.4 Å². The molecule has 2 rings (SSSR count). The summed E-state index contributed by atoms with van der Waals surface area (Å²) in [5.41, 5.74) is 2.03. The summed E-state index contributed by atoms with van der Waals surface area (Å²) in [6.45, 7) is 1.67. The summed E-state index contributed by atoms with van der Waals surface area (Å²) in [6.07, 6.45) is 1.56. The van der Waals surface area contributed by atoms with Crippen molar-refractivity contribution >= 4 is 38.7 Å². The standard InChI is InChI=1S/C10H10N2O4S3/c1-6-4-17-8(10(13)14)9(6)19(15,16)12-3-7-2-11-5-18-7/h2,4-5,12H,3H2,1H3,(H,13,14). The summed E-state index contributed by atoms with van der Waals surface area (Å²) in [5.74, 6) is -1.24. The largest absolute Gasteiger partial charge is 0.477 e. The number of hydrogen-bond donors (Lipinski definition) is 2. The second kappa shape index (κ2) is 5.37. The van der Waals surface area contributed by atoms with E-state index in [9.17, 15) is 13.2 Å². The van der Waals surface area contributed by atoms with Crippen LogP contribution in [0, 0.1) is 6.92 Å². The summed E-state index contributed by atoms with van der Waals surface area (Å²) in [4.78, 5) is 15.3. The number of carboxylic acid groups (broad SMARTS) is 1. The Morgan fingerprint density at radius 2 is 2.21 bits per heavy atom. The van der Waals surface area contributed by atoms with E-state index in [4.69, 9.17) is 5.11 Å². The van der Waals surface area contributed by atoms with Gasteiger partial charge >= 0.3 is 5.97 Å². The molecule has 0 aliphatic carbocycles. The van der Waals surface area contributed by atoms with Crippen LogP contribution in [0.1, 0.15) is 20.1 Å². The van der Waals surface area contributed by atoms with Gasteiger partial charge in [-0.15, -0.1) is 22.7 Å². The molecule has 0 saturated heterocycles. The molecule has 0 aromatic carbocycles. The lowest BCUT2D eigenvalue weighted by Gasteiger charge is -2.06. The van der Waals surface area contributed by atoms with Crippen LogP contribution in [0.3, 0.4) is 0 Å². The van der Waals surface area contributed by atoms with Gasteiger partial charge in [0.05, 0.1) is 5.51 Å². The Kier molecular flexibility index (Phi) is 3.99. The number of aryl methyl sites for hydroxylation is 1. The lowest BCUT2D eigenvalue weighted by atomic mass is 10.3. The van der Waals surface area contributed by atoms with Gasteiger partial charge in [-0.05, 0) is 17.9 Å². The van der Waals surface area contributed by atoms with Crippen LogP contribution in [-0.2, 0) is 16.6 Å². The van der Waals surface area contributed by atoms with Crippen molar-refractivity contribution in [2.75, 3.05) is 0 Å². The summed E-state index contributed by atoms with van der Waals surface area (Å²) >= 11 is 2.23. The van der Waals surface area contributed by atoms with E-state index in [0.29, 0.717) is 5.56 Å². The number of nitrogens with zero attached hydrogens (tertiary/aromatic N) is 1. The number of sulfonamides is 1. The monoisotopic (exact) mass is 318 g/mol. The maximum Gasteiger partial charge on any atom is 0.347 e. The first kappa shape index (κ1) is 14.1. The number of thiazole rings is 1. The summed E-state index contributed by atoms with van der Waals surface area (Å²) in [7, 11) is -3.84. The molecule has 19 heavy (non-hydrogen) atoms. The zero-order valence-corrected chi connectivity index (χ0v) is 12.2. The van der Waals surface area contributed by atoms with Crippen molar-refractivity contribution in [1.29, 1.82) is 0 Å². The highest BCUT2D eigenvalue weighted by atomic mass is 32.2. The molecule has 0 fully saturated rings. The van der Waals surface area contributed by atoms with Gasteiger partial charge in [-0.2, -0.15) is 0 Å². The second-order valence-corrected chi connectivity index (χ2v) is 7.23. The first-order valence-electron chi connectivity index (χ1n) is 5.10. The van der Waals surface area contributed by atoms with Crippen molar-refractivity contribution in [1.82, 2.24) is 9.71 Å². The van der Waals surface area contributed by atoms with Gasteiger partial charge in [-0.3, -0.25) is 4.98 Å². The lowest BCUT2D eigenvalue weighted by molar-refractivity contribution is 0.0698. The van der Waals surface area contributed by atoms with Crippen LogP contribution < -0.4 is 4.72 Å². The Morgan fingerprint density at radius 3 is 2.79 bits per heavy atom. The maximum absolute atomic E-state index is 12.2. The fourth-order valence-corrected chi connectivity index (χ4v) is 4.74. The fourth-order valence-electron chi connectivity index (χ4n) is 1.48. The highest BCUT2D eigenvalue weighted by molar-refractivity contribution is 7.89. The molecule has 0 saturated carbocycles. The molecule has 0 atom stereocenters. The van der Waals surface area contributed by atoms with Gasteiger partial charge in [0, 0.05) is 17.6 Å². The molecule has 6 nitrogen and oxygen atoms in total. The Labute approximate surface area is 117 Å². The number of hydrogen-bond acceptors (Lipinski definition) is 6. The first-order chi connectivity index (χ1) is 8.92. The van der Waals surface area contributed by atoms with Crippen LogP contribution in [0.25, 0.3) is 0 Å². The van der Waals surface area contributed by atoms with Gasteiger partial charge < -0.3 is 5.11 Å². The van der Waals surface area contributed by atoms with E-state index in [2.05, 4.69) is 9.71 Å².